The summed E-state index contributed by atoms with van der Waals surface area (Å²) in [4.78, 5) is 12.6. The maximum Gasteiger partial charge on any atom is 0.435 e. The second-order valence-electron chi connectivity index (χ2n) is 7.60. The Labute approximate surface area is 199 Å². The number of methoxy groups -OCH3 is 1. The number of nitrogens with zero attached hydrogens (tertiary/aromatic N) is 2. The summed E-state index contributed by atoms with van der Waals surface area (Å²) in [6.07, 6.45) is -4.59. The van der Waals surface area contributed by atoms with Crippen LogP contribution in [0.2, 0.25) is 5.02 Å². The number of amides is 1. The standard InChI is InChI=1S/C22H21ClF3N3O4S/c1-13(12-29-14(2)8-20(28-29)22(24,25)26)21(30)27-16-9-17(33-3)11-19(10-16)34(31,32)18-6-4-15(23)5-7-18/h4-11,13H,12H2,1-3H3,(H,27,30). The molecule has 1 N–H and O–H groups in total. The minimum atomic E-state index is -4.59. The van der Waals surface area contributed by atoms with E-state index in [0.29, 0.717) is 5.02 Å². The zero-order valence-corrected chi connectivity index (χ0v) is 19.9. The van der Waals surface area contributed by atoms with Gasteiger partial charge in [0.2, 0.25) is 15.7 Å². The van der Waals surface area contributed by atoms with Gasteiger partial charge in [0, 0.05) is 22.5 Å². The summed E-state index contributed by atoms with van der Waals surface area (Å²) in [5, 5.41) is 6.50. The van der Waals surface area contributed by atoms with Crippen molar-refractivity contribution in [1.82, 2.24) is 9.78 Å². The molecule has 12 heteroatoms. The Bertz CT molecular complexity index is 1310. The molecular weight excluding hydrogens is 495 g/mol. The van der Waals surface area contributed by atoms with Crippen LogP contribution in [-0.2, 0) is 27.4 Å². The lowest BCUT2D eigenvalue weighted by molar-refractivity contribution is -0.141. The highest BCUT2D eigenvalue weighted by Gasteiger charge is 2.34. The first kappa shape index (κ1) is 25.6. The number of aryl methyl sites for hydroxylation is 1. The molecule has 0 radical (unpaired) electrons. The Hall–Kier alpha value is -3.05. The SMILES string of the molecule is COc1cc(NC(=O)C(C)Cn2nc(C(F)(F)F)cc2C)cc(S(=O)(=O)c2ccc(Cl)cc2)c1. The summed E-state index contributed by atoms with van der Waals surface area (Å²) in [6.45, 7) is 2.88. The van der Waals surface area contributed by atoms with E-state index < -0.39 is 33.5 Å². The molecule has 1 aromatic heterocycles. The second-order valence-corrected chi connectivity index (χ2v) is 9.98. The Balaban J connectivity index is 1.83. The highest BCUT2D eigenvalue weighted by molar-refractivity contribution is 7.91. The van der Waals surface area contributed by atoms with Crippen LogP contribution in [0.3, 0.4) is 0 Å². The van der Waals surface area contributed by atoms with Crippen LogP contribution in [0.25, 0.3) is 0 Å². The molecule has 0 spiro atoms. The van der Waals surface area contributed by atoms with Crippen LogP contribution in [0.4, 0.5) is 18.9 Å². The molecule has 1 amide bonds. The van der Waals surface area contributed by atoms with Crippen molar-refractivity contribution in [2.75, 3.05) is 12.4 Å². The number of sulfone groups is 1. The van der Waals surface area contributed by atoms with E-state index in [1.807, 2.05) is 0 Å². The van der Waals surface area contributed by atoms with Gasteiger partial charge < -0.3 is 10.1 Å². The molecule has 7 nitrogen and oxygen atoms in total. The maximum absolute atomic E-state index is 13.0. The minimum absolute atomic E-state index is 0.00502. The molecule has 0 aliphatic rings. The van der Waals surface area contributed by atoms with Crippen LogP contribution in [0.15, 0.2) is 58.3 Å². The smallest absolute Gasteiger partial charge is 0.435 e. The van der Waals surface area contributed by atoms with E-state index in [2.05, 4.69) is 10.4 Å². The van der Waals surface area contributed by atoms with Crippen LogP contribution < -0.4 is 10.1 Å². The molecule has 0 fully saturated rings. The highest BCUT2D eigenvalue weighted by atomic mass is 35.5. The predicted octanol–water partition coefficient (Wildman–Crippen LogP) is 4.98. The number of hydrogen-bond acceptors (Lipinski definition) is 5. The lowest BCUT2D eigenvalue weighted by atomic mass is 10.1. The Morgan fingerprint density at radius 3 is 2.35 bits per heavy atom. The van der Waals surface area contributed by atoms with Crippen molar-refractivity contribution in [1.29, 1.82) is 0 Å². The molecule has 0 saturated carbocycles. The van der Waals surface area contributed by atoms with E-state index in [9.17, 15) is 26.4 Å². The number of carbonyl (C=O) groups excluding carboxylic acids is 1. The quantitative estimate of drug-likeness (QED) is 0.479. The molecule has 3 rings (SSSR count). The van der Waals surface area contributed by atoms with E-state index in [4.69, 9.17) is 16.3 Å². The average Bonchev–Trinajstić information content (AvgIpc) is 3.14. The number of anilines is 1. The fraction of sp³-hybridized carbons (Fsp3) is 0.273. The molecule has 1 heterocycles. The molecule has 182 valence electrons. The predicted molar refractivity (Wildman–Crippen MR) is 120 cm³/mol. The van der Waals surface area contributed by atoms with Crippen molar-refractivity contribution in [3.8, 4) is 5.75 Å². The molecule has 0 saturated heterocycles. The van der Waals surface area contributed by atoms with E-state index in [1.165, 1.54) is 63.4 Å². The number of aromatic nitrogens is 2. The number of alkyl halides is 3. The summed E-state index contributed by atoms with van der Waals surface area (Å²) < 4.78 is 71.0. The summed E-state index contributed by atoms with van der Waals surface area (Å²) in [5.74, 6) is -1.12. The topological polar surface area (TPSA) is 90.3 Å². The summed E-state index contributed by atoms with van der Waals surface area (Å²) in [5.41, 5.74) is -0.635. The van der Waals surface area contributed by atoms with Crippen LogP contribution in [0.1, 0.15) is 18.3 Å². The number of hydrogen-bond donors (Lipinski definition) is 1. The van der Waals surface area contributed by atoms with Crippen molar-refractivity contribution in [2.45, 2.75) is 36.4 Å². The molecular formula is C22H21ClF3N3O4S. The molecule has 0 aliphatic carbocycles. The number of nitrogens with one attached hydrogen (secondary N) is 1. The van der Waals surface area contributed by atoms with Crippen LogP contribution in [0.5, 0.6) is 5.75 Å². The molecule has 1 unspecified atom stereocenters. The molecule has 1 atom stereocenters. The van der Waals surface area contributed by atoms with E-state index in [-0.39, 0.29) is 33.5 Å². The van der Waals surface area contributed by atoms with Crippen molar-refractivity contribution >= 4 is 33.0 Å². The van der Waals surface area contributed by atoms with Gasteiger partial charge in [-0.25, -0.2) is 8.42 Å². The van der Waals surface area contributed by atoms with Gasteiger partial charge >= 0.3 is 6.18 Å². The van der Waals surface area contributed by atoms with Gasteiger partial charge in [-0.05, 0) is 49.4 Å². The van der Waals surface area contributed by atoms with Gasteiger partial charge in [0.05, 0.1) is 29.4 Å². The van der Waals surface area contributed by atoms with Crippen LogP contribution in [-0.4, -0.2) is 31.2 Å². The molecule has 2 aromatic carbocycles. The van der Waals surface area contributed by atoms with Gasteiger partial charge in [-0.15, -0.1) is 0 Å². The lowest BCUT2D eigenvalue weighted by Gasteiger charge is -2.15. The normalized spacial score (nSPS) is 12.9. The first-order valence-electron chi connectivity index (χ1n) is 9.93. The number of halogens is 4. The molecule has 3 aromatic rings. The minimum Gasteiger partial charge on any atom is -0.497 e. The number of carbonyl (C=O) groups is 1. The first-order chi connectivity index (χ1) is 15.8. The van der Waals surface area contributed by atoms with Gasteiger partial charge in [0.15, 0.2) is 5.69 Å². The van der Waals surface area contributed by atoms with Crippen molar-refractivity contribution in [3.05, 3.63) is 64.9 Å². The maximum atomic E-state index is 13.0. The largest absolute Gasteiger partial charge is 0.497 e. The lowest BCUT2D eigenvalue weighted by Crippen LogP contribution is -2.25. The molecule has 34 heavy (non-hydrogen) atoms. The van der Waals surface area contributed by atoms with E-state index in [1.54, 1.807) is 0 Å². The fourth-order valence-electron chi connectivity index (χ4n) is 3.11. The van der Waals surface area contributed by atoms with Gasteiger partial charge in [-0.1, -0.05) is 18.5 Å². The summed E-state index contributed by atoms with van der Waals surface area (Å²) in [7, 11) is -2.59. The third-order valence-corrected chi connectivity index (χ3v) is 6.98. The third-order valence-electron chi connectivity index (χ3n) is 4.98. The van der Waals surface area contributed by atoms with E-state index >= 15 is 0 Å². The van der Waals surface area contributed by atoms with Crippen LogP contribution >= 0.6 is 11.6 Å². The van der Waals surface area contributed by atoms with Crippen LogP contribution in [0, 0.1) is 12.8 Å². The first-order valence-corrected chi connectivity index (χ1v) is 11.8. The summed E-state index contributed by atoms with van der Waals surface area (Å²) >= 11 is 5.83. The van der Waals surface area contributed by atoms with Crippen molar-refractivity contribution in [2.24, 2.45) is 5.92 Å². The second kappa shape index (κ2) is 9.67. The van der Waals surface area contributed by atoms with Crippen molar-refractivity contribution < 1.29 is 31.1 Å². The van der Waals surface area contributed by atoms with Gasteiger partial charge in [0.1, 0.15) is 5.75 Å². The fourth-order valence-corrected chi connectivity index (χ4v) is 4.55. The van der Waals surface area contributed by atoms with Gasteiger partial charge in [0.25, 0.3) is 0 Å². The van der Waals surface area contributed by atoms with Gasteiger partial charge in [-0.3, -0.25) is 9.48 Å². The number of ether oxygens (including phenoxy) is 1. The van der Waals surface area contributed by atoms with E-state index in [0.717, 1.165) is 10.7 Å². The average molecular weight is 516 g/mol. The zero-order valence-electron chi connectivity index (χ0n) is 18.4. The zero-order chi connectivity index (χ0) is 25.3. The summed E-state index contributed by atoms with van der Waals surface area (Å²) in [6, 6.07) is 10.5. The number of benzene rings is 2. The Morgan fingerprint density at radius 2 is 1.79 bits per heavy atom. The monoisotopic (exact) mass is 515 g/mol. The molecule has 0 bridgehead atoms. The third kappa shape index (κ3) is 5.71. The Kier molecular flexibility index (Phi) is 7.27. The molecule has 0 aliphatic heterocycles. The number of rotatable bonds is 7. The van der Waals surface area contributed by atoms with Gasteiger partial charge in [-0.2, -0.15) is 18.3 Å². The highest BCUT2D eigenvalue weighted by Crippen LogP contribution is 2.30. The Morgan fingerprint density at radius 1 is 1.15 bits per heavy atom. The van der Waals surface area contributed by atoms with Crippen molar-refractivity contribution in [3.63, 3.8) is 0 Å².